The molecule has 2 aromatic rings. The first-order valence-electron chi connectivity index (χ1n) is 8.98. The molecule has 0 aromatic heterocycles. The second-order valence-electron chi connectivity index (χ2n) is 6.54. The Kier molecular flexibility index (Phi) is 6.34. The summed E-state index contributed by atoms with van der Waals surface area (Å²) in [5.74, 6) is 1.84. The summed E-state index contributed by atoms with van der Waals surface area (Å²) in [6, 6.07) is 17.7. The Morgan fingerprint density at radius 3 is 2.48 bits per heavy atom. The Labute approximate surface area is 160 Å². The number of rotatable bonds is 6. The third-order valence-electron chi connectivity index (χ3n) is 4.50. The van der Waals surface area contributed by atoms with E-state index in [1.165, 1.54) is 0 Å². The van der Waals surface area contributed by atoms with Gasteiger partial charge in [-0.15, -0.1) is 0 Å². The van der Waals surface area contributed by atoms with Crippen molar-refractivity contribution in [1.82, 2.24) is 10.6 Å². The van der Waals surface area contributed by atoms with Crippen molar-refractivity contribution >= 4 is 15.8 Å². The van der Waals surface area contributed by atoms with Crippen LogP contribution in [0, 0.1) is 0 Å². The lowest BCUT2D eigenvalue weighted by Gasteiger charge is -2.17. The third kappa shape index (κ3) is 5.72. The summed E-state index contributed by atoms with van der Waals surface area (Å²) in [6.45, 7) is 1.06. The summed E-state index contributed by atoms with van der Waals surface area (Å²) in [4.78, 5) is 4.21. The van der Waals surface area contributed by atoms with Gasteiger partial charge in [-0.1, -0.05) is 42.5 Å². The predicted octanol–water partition coefficient (Wildman–Crippen LogP) is 2.12. The highest BCUT2D eigenvalue weighted by Gasteiger charge is 2.28. The van der Waals surface area contributed by atoms with Crippen LogP contribution in [0.3, 0.4) is 0 Å². The van der Waals surface area contributed by atoms with Gasteiger partial charge in [0.25, 0.3) is 0 Å². The van der Waals surface area contributed by atoms with Crippen molar-refractivity contribution in [2.24, 2.45) is 4.99 Å². The quantitative estimate of drug-likeness (QED) is 0.586. The minimum absolute atomic E-state index is 0.0853. The van der Waals surface area contributed by atoms with Gasteiger partial charge in [-0.25, -0.2) is 8.42 Å². The number of benzene rings is 2. The van der Waals surface area contributed by atoms with Crippen LogP contribution < -0.4 is 15.4 Å². The van der Waals surface area contributed by atoms with Crippen LogP contribution in [0.5, 0.6) is 5.75 Å². The van der Waals surface area contributed by atoms with Crippen molar-refractivity contribution in [3.63, 3.8) is 0 Å². The minimum atomic E-state index is -2.92. The number of hydrogen-bond donors (Lipinski definition) is 2. The molecule has 1 aliphatic heterocycles. The standard InChI is InChI=1S/C20H25N3O3S/c1-21-20(23-18-11-12-27(24,25)15-18)22-13-16-7-5-6-8-17(16)14-26-19-9-3-2-4-10-19/h2-10,18H,11-15H2,1H3,(H2,21,22,23). The first-order chi connectivity index (χ1) is 13.1. The van der Waals surface area contributed by atoms with E-state index in [1.54, 1.807) is 7.05 Å². The number of nitrogens with zero attached hydrogens (tertiary/aromatic N) is 1. The predicted molar refractivity (Wildman–Crippen MR) is 108 cm³/mol. The van der Waals surface area contributed by atoms with Crippen LogP contribution in [0.25, 0.3) is 0 Å². The number of para-hydroxylation sites is 1. The number of guanidine groups is 1. The van der Waals surface area contributed by atoms with E-state index in [9.17, 15) is 8.42 Å². The molecule has 0 amide bonds. The highest BCUT2D eigenvalue weighted by atomic mass is 32.2. The monoisotopic (exact) mass is 387 g/mol. The van der Waals surface area contributed by atoms with E-state index < -0.39 is 9.84 Å². The molecule has 27 heavy (non-hydrogen) atoms. The van der Waals surface area contributed by atoms with Gasteiger partial charge < -0.3 is 15.4 Å². The van der Waals surface area contributed by atoms with Crippen LogP contribution in [0.15, 0.2) is 59.6 Å². The van der Waals surface area contributed by atoms with Gasteiger partial charge in [0, 0.05) is 19.6 Å². The van der Waals surface area contributed by atoms with E-state index in [0.717, 1.165) is 16.9 Å². The first kappa shape index (κ1) is 19.2. The Hall–Kier alpha value is -2.54. The van der Waals surface area contributed by atoms with Crippen molar-refractivity contribution in [3.05, 3.63) is 65.7 Å². The van der Waals surface area contributed by atoms with Gasteiger partial charge in [0.2, 0.25) is 0 Å². The van der Waals surface area contributed by atoms with E-state index >= 15 is 0 Å². The maximum Gasteiger partial charge on any atom is 0.191 e. The molecule has 0 spiro atoms. The molecule has 2 N–H and O–H groups in total. The van der Waals surface area contributed by atoms with Gasteiger partial charge in [-0.2, -0.15) is 0 Å². The van der Waals surface area contributed by atoms with Crippen molar-refractivity contribution in [1.29, 1.82) is 0 Å². The number of hydrogen-bond acceptors (Lipinski definition) is 4. The Morgan fingerprint density at radius 2 is 1.81 bits per heavy atom. The maximum absolute atomic E-state index is 11.6. The highest BCUT2D eigenvalue weighted by molar-refractivity contribution is 7.91. The fraction of sp³-hybridized carbons (Fsp3) is 0.350. The molecule has 0 saturated carbocycles. The molecule has 1 aliphatic rings. The van der Waals surface area contributed by atoms with Crippen LogP contribution >= 0.6 is 0 Å². The summed E-state index contributed by atoms with van der Waals surface area (Å²) in [5, 5.41) is 6.46. The van der Waals surface area contributed by atoms with E-state index in [1.807, 2.05) is 54.6 Å². The molecule has 2 aromatic carbocycles. The first-order valence-corrected chi connectivity index (χ1v) is 10.8. The van der Waals surface area contributed by atoms with Gasteiger partial charge in [-0.3, -0.25) is 4.99 Å². The molecule has 1 saturated heterocycles. The minimum Gasteiger partial charge on any atom is -0.489 e. The van der Waals surface area contributed by atoms with Gasteiger partial charge in [0.05, 0.1) is 11.5 Å². The molecule has 1 unspecified atom stereocenters. The van der Waals surface area contributed by atoms with Crippen molar-refractivity contribution in [2.75, 3.05) is 18.6 Å². The smallest absolute Gasteiger partial charge is 0.191 e. The second-order valence-corrected chi connectivity index (χ2v) is 8.77. The zero-order valence-corrected chi connectivity index (χ0v) is 16.2. The molecule has 0 radical (unpaired) electrons. The van der Waals surface area contributed by atoms with Gasteiger partial charge >= 0.3 is 0 Å². The van der Waals surface area contributed by atoms with Crippen LogP contribution in [0.1, 0.15) is 17.5 Å². The molecule has 6 nitrogen and oxygen atoms in total. The molecule has 1 fully saturated rings. The SMILES string of the molecule is CN=C(NCc1ccccc1COc1ccccc1)NC1CCS(=O)(=O)C1. The number of ether oxygens (including phenoxy) is 1. The van der Waals surface area contributed by atoms with E-state index in [0.29, 0.717) is 25.5 Å². The van der Waals surface area contributed by atoms with Gasteiger partial charge in [-0.05, 0) is 29.7 Å². The molecule has 0 bridgehead atoms. The Bertz CT molecular complexity index is 882. The molecule has 144 valence electrons. The topological polar surface area (TPSA) is 79.8 Å². The van der Waals surface area contributed by atoms with Gasteiger partial charge in [0.15, 0.2) is 15.8 Å². The fourth-order valence-electron chi connectivity index (χ4n) is 3.02. The average Bonchev–Trinajstić information content (AvgIpc) is 3.03. The molecular weight excluding hydrogens is 362 g/mol. The lowest BCUT2D eigenvalue weighted by atomic mass is 10.1. The highest BCUT2D eigenvalue weighted by Crippen LogP contribution is 2.15. The average molecular weight is 388 g/mol. The van der Waals surface area contributed by atoms with Crippen molar-refractivity contribution < 1.29 is 13.2 Å². The van der Waals surface area contributed by atoms with Crippen molar-refractivity contribution in [3.8, 4) is 5.75 Å². The number of aliphatic imine (C=N–C) groups is 1. The molecule has 7 heteroatoms. The van der Waals surface area contributed by atoms with E-state index in [2.05, 4.69) is 15.6 Å². The zero-order chi connectivity index (χ0) is 19.1. The molecule has 0 aliphatic carbocycles. The summed E-state index contributed by atoms with van der Waals surface area (Å²) >= 11 is 0. The van der Waals surface area contributed by atoms with Gasteiger partial charge in [0.1, 0.15) is 12.4 Å². The Balaban J connectivity index is 1.57. The summed E-state index contributed by atoms with van der Waals surface area (Å²) in [5.41, 5.74) is 2.20. The molecule has 1 heterocycles. The number of sulfone groups is 1. The molecule has 1 atom stereocenters. The van der Waals surface area contributed by atoms with E-state index in [-0.39, 0.29) is 17.5 Å². The largest absolute Gasteiger partial charge is 0.489 e. The summed E-state index contributed by atoms with van der Waals surface area (Å²) in [7, 11) is -1.23. The lowest BCUT2D eigenvalue weighted by molar-refractivity contribution is 0.305. The molecular formula is C20H25N3O3S. The van der Waals surface area contributed by atoms with Crippen LogP contribution in [0.2, 0.25) is 0 Å². The van der Waals surface area contributed by atoms with Crippen LogP contribution in [-0.2, 0) is 23.0 Å². The second kappa shape index (κ2) is 8.90. The summed E-state index contributed by atoms with van der Waals surface area (Å²) in [6.07, 6.45) is 0.616. The lowest BCUT2D eigenvalue weighted by Crippen LogP contribution is -2.43. The van der Waals surface area contributed by atoms with E-state index in [4.69, 9.17) is 4.74 Å². The fourth-order valence-corrected chi connectivity index (χ4v) is 4.70. The normalized spacial score (nSPS) is 18.9. The number of nitrogens with one attached hydrogen (secondary N) is 2. The van der Waals surface area contributed by atoms with Crippen LogP contribution in [-0.4, -0.2) is 39.0 Å². The molecule has 3 rings (SSSR count). The zero-order valence-electron chi connectivity index (χ0n) is 15.4. The maximum atomic E-state index is 11.6. The van der Waals surface area contributed by atoms with Crippen LogP contribution in [0.4, 0.5) is 0 Å². The summed E-state index contributed by atoms with van der Waals surface area (Å²) < 4.78 is 29.1. The third-order valence-corrected chi connectivity index (χ3v) is 6.27. The van der Waals surface area contributed by atoms with Crippen molar-refractivity contribution in [2.45, 2.75) is 25.6 Å². The Morgan fingerprint density at radius 1 is 1.11 bits per heavy atom.